The smallest absolute Gasteiger partial charge is 0.142 e. The second-order valence-electron chi connectivity index (χ2n) is 4.89. The van der Waals surface area contributed by atoms with Gasteiger partial charge in [-0.25, -0.2) is 4.98 Å². The summed E-state index contributed by atoms with van der Waals surface area (Å²) < 4.78 is 2.09. The van der Waals surface area contributed by atoms with Gasteiger partial charge in [0, 0.05) is 31.6 Å². The number of hydrogen-bond donors (Lipinski definition) is 1. The van der Waals surface area contributed by atoms with Crippen LogP contribution >= 0.6 is 0 Å². The van der Waals surface area contributed by atoms with Gasteiger partial charge in [-0.05, 0) is 42.7 Å². The maximum Gasteiger partial charge on any atom is 0.142 e. The lowest BCUT2D eigenvalue weighted by Crippen LogP contribution is -1.94. The second-order valence-corrected chi connectivity index (χ2v) is 4.89. The van der Waals surface area contributed by atoms with Crippen molar-refractivity contribution in [2.24, 2.45) is 7.05 Å². The molecule has 20 heavy (non-hydrogen) atoms. The molecule has 0 atom stereocenters. The number of hydrogen-bond acceptors (Lipinski definition) is 3. The van der Waals surface area contributed by atoms with E-state index in [4.69, 9.17) is 5.11 Å². The molecule has 0 fully saturated rings. The molecule has 4 heteroatoms. The summed E-state index contributed by atoms with van der Waals surface area (Å²) in [5.74, 6) is 0.924. The molecule has 3 rings (SSSR count). The summed E-state index contributed by atoms with van der Waals surface area (Å²) in [6.07, 6.45) is 5.27. The van der Waals surface area contributed by atoms with Crippen LogP contribution in [0.5, 0.6) is 0 Å². The molecule has 0 spiro atoms. The first-order valence-corrected chi connectivity index (χ1v) is 6.76. The molecule has 0 bridgehead atoms. The van der Waals surface area contributed by atoms with Gasteiger partial charge in [-0.3, -0.25) is 4.98 Å². The molecule has 102 valence electrons. The van der Waals surface area contributed by atoms with E-state index in [1.54, 1.807) is 6.20 Å². The van der Waals surface area contributed by atoms with Crippen molar-refractivity contribution >= 4 is 11.0 Å². The Balaban J connectivity index is 2.06. The number of aliphatic hydroxyl groups is 1. The van der Waals surface area contributed by atoms with E-state index in [1.165, 1.54) is 5.56 Å². The molecule has 0 amide bonds. The van der Waals surface area contributed by atoms with Gasteiger partial charge in [-0.15, -0.1) is 0 Å². The normalized spacial score (nSPS) is 11.1. The zero-order chi connectivity index (χ0) is 13.9. The zero-order valence-corrected chi connectivity index (χ0v) is 11.5. The number of aromatic nitrogens is 3. The molecule has 0 unspecified atom stereocenters. The Hall–Kier alpha value is -2.20. The Morgan fingerprint density at radius 1 is 1.25 bits per heavy atom. The van der Waals surface area contributed by atoms with Gasteiger partial charge in [0.2, 0.25) is 0 Å². The van der Waals surface area contributed by atoms with E-state index in [2.05, 4.69) is 26.7 Å². The molecular weight excluding hydrogens is 250 g/mol. The van der Waals surface area contributed by atoms with Crippen LogP contribution in [-0.4, -0.2) is 26.2 Å². The lowest BCUT2D eigenvalue weighted by molar-refractivity contribution is 0.288. The fraction of sp³-hybridized carbons (Fsp3) is 0.250. The minimum absolute atomic E-state index is 0.227. The van der Waals surface area contributed by atoms with Crippen LogP contribution in [0.15, 0.2) is 42.7 Å². The number of aryl methyl sites for hydroxylation is 2. The van der Waals surface area contributed by atoms with Crippen molar-refractivity contribution in [1.29, 1.82) is 0 Å². The Morgan fingerprint density at radius 2 is 2.15 bits per heavy atom. The fourth-order valence-electron chi connectivity index (χ4n) is 2.43. The minimum atomic E-state index is 0.227. The molecule has 3 aromatic rings. The van der Waals surface area contributed by atoms with Gasteiger partial charge in [0.15, 0.2) is 0 Å². The minimum Gasteiger partial charge on any atom is -0.396 e. The number of aliphatic hydroxyl groups excluding tert-OH is 1. The van der Waals surface area contributed by atoms with Gasteiger partial charge in [-0.2, -0.15) is 0 Å². The molecule has 0 radical (unpaired) electrons. The van der Waals surface area contributed by atoms with Crippen molar-refractivity contribution in [3.05, 3.63) is 48.3 Å². The number of benzene rings is 1. The van der Waals surface area contributed by atoms with Crippen LogP contribution in [-0.2, 0) is 13.5 Å². The Bertz CT molecular complexity index is 719. The number of rotatable bonds is 4. The van der Waals surface area contributed by atoms with Crippen LogP contribution < -0.4 is 0 Å². The van der Waals surface area contributed by atoms with Gasteiger partial charge in [-0.1, -0.05) is 6.07 Å². The zero-order valence-electron chi connectivity index (χ0n) is 11.5. The molecule has 0 aliphatic heterocycles. The van der Waals surface area contributed by atoms with Crippen LogP contribution in [0.3, 0.4) is 0 Å². The maximum atomic E-state index is 8.92. The van der Waals surface area contributed by atoms with Gasteiger partial charge in [0.05, 0.1) is 11.0 Å². The van der Waals surface area contributed by atoms with E-state index in [1.807, 2.05) is 31.4 Å². The number of imidazole rings is 1. The monoisotopic (exact) mass is 267 g/mol. The molecule has 2 heterocycles. The Kier molecular flexibility index (Phi) is 3.48. The van der Waals surface area contributed by atoms with Crippen molar-refractivity contribution in [1.82, 2.24) is 14.5 Å². The lowest BCUT2D eigenvalue weighted by atomic mass is 10.1. The van der Waals surface area contributed by atoms with Crippen molar-refractivity contribution in [3.63, 3.8) is 0 Å². The molecule has 0 aliphatic rings. The van der Waals surface area contributed by atoms with E-state index in [-0.39, 0.29) is 6.61 Å². The third-order valence-electron chi connectivity index (χ3n) is 3.49. The Morgan fingerprint density at radius 3 is 2.90 bits per heavy atom. The van der Waals surface area contributed by atoms with Crippen molar-refractivity contribution in [2.75, 3.05) is 6.61 Å². The SMILES string of the molecule is Cn1c(-c2cccnc2)nc2ccc(CCCO)cc21. The summed E-state index contributed by atoms with van der Waals surface area (Å²) in [6.45, 7) is 0.227. The summed E-state index contributed by atoms with van der Waals surface area (Å²) in [6, 6.07) is 10.2. The third kappa shape index (κ3) is 2.30. The van der Waals surface area contributed by atoms with Crippen molar-refractivity contribution in [2.45, 2.75) is 12.8 Å². The predicted molar refractivity (Wildman–Crippen MR) is 79.4 cm³/mol. The first kappa shape index (κ1) is 12.8. The van der Waals surface area contributed by atoms with E-state index in [0.29, 0.717) is 0 Å². The van der Waals surface area contributed by atoms with Crippen LogP contribution in [0.1, 0.15) is 12.0 Å². The van der Waals surface area contributed by atoms with E-state index < -0.39 is 0 Å². The highest BCUT2D eigenvalue weighted by Crippen LogP contribution is 2.24. The summed E-state index contributed by atoms with van der Waals surface area (Å²) in [5, 5.41) is 8.92. The highest BCUT2D eigenvalue weighted by molar-refractivity contribution is 5.81. The summed E-state index contributed by atoms with van der Waals surface area (Å²) in [5.41, 5.74) is 4.34. The van der Waals surface area contributed by atoms with Crippen LogP contribution in [0, 0.1) is 0 Å². The summed E-state index contributed by atoms with van der Waals surface area (Å²) >= 11 is 0. The van der Waals surface area contributed by atoms with Gasteiger partial charge in [0.25, 0.3) is 0 Å². The van der Waals surface area contributed by atoms with Crippen LogP contribution in [0.25, 0.3) is 22.4 Å². The first-order valence-electron chi connectivity index (χ1n) is 6.76. The van der Waals surface area contributed by atoms with Crippen molar-refractivity contribution in [3.8, 4) is 11.4 Å². The molecule has 1 N–H and O–H groups in total. The summed E-state index contributed by atoms with van der Waals surface area (Å²) in [4.78, 5) is 8.83. The van der Waals surface area contributed by atoms with Gasteiger partial charge in [0.1, 0.15) is 5.82 Å². The van der Waals surface area contributed by atoms with Crippen molar-refractivity contribution < 1.29 is 5.11 Å². The van der Waals surface area contributed by atoms with E-state index in [0.717, 1.165) is 35.3 Å². The second kappa shape index (κ2) is 5.43. The van der Waals surface area contributed by atoms with E-state index in [9.17, 15) is 0 Å². The quantitative estimate of drug-likeness (QED) is 0.790. The molecule has 0 saturated carbocycles. The van der Waals surface area contributed by atoms with Crippen LogP contribution in [0.4, 0.5) is 0 Å². The number of nitrogens with zero attached hydrogens (tertiary/aromatic N) is 3. The van der Waals surface area contributed by atoms with Gasteiger partial charge >= 0.3 is 0 Å². The molecule has 1 aromatic carbocycles. The van der Waals surface area contributed by atoms with Gasteiger partial charge < -0.3 is 9.67 Å². The predicted octanol–water partition coefficient (Wildman–Crippen LogP) is 2.56. The number of pyridine rings is 1. The maximum absolute atomic E-state index is 8.92. The van der Waals surface area contributed by atoms with Crippen LogP contribution in [0.2, 0.25) is 0 Å². The topological polar surface area (TPSA) is 50.9 Å². The third-order valence-corrected chi connectivity index (χ3v) is 3.49. The highest BCUT2D eigenvalue weighted by atomic mass is 16.2. The average molecular weight is 267 g/mol. The standard InChI is InChI=1S/C16H17N3O/c1-19-15-10-12(4-3-9-20)6-7-14(15)18-16(19)13-5-2-8-17-11-13/h2,5-8,10-11,20H,3-4,9H2,1H3. The molecule has 2 aromatic heterocycles. The average Bonchev–Trinajstić information content (AvgIpc) is 2.83. The lowest BCUT2D eigenvalue weighted by Gasteiger charge is -2.03. The molecule has 4 nitrogen and oxygen atoms in total. The Labute approximate surface area is 117 Å². The molecule has 0 aliphatic carbocycles. The fourth-order valence-corrected chi connectivity index (χ4v) is 2.43. The first-order chi connectivity index (χ1) is 9.79. The molecular formula is C16H17N3O. The largest absolute Gasteiger partial charge is 0.396 e. The number of fused-ring (bicyclic) bond motifs is 1. The summed E-state index contributed by atoms with van der Waals surface area (Å²) in [7, 11) is 2.02. The molecule has 0 saturated heterocycles. The van der Waals surface area contributed by atoms with E-state index >= 15 is 0 Å². The highest BCUT2D eigenvalue weighted by Gasteiger charge is 2.10.